The summed E-state index contributed by atoms with van der Waals surface area (Å²) in [5.41, 5.74) is 3.20. The van der Waals surface area contributed by atoms with E-state index in [0.717, 1.165) is 30.6 Å². The monoisotopic (exact) mass is 286 g/mol. The fraction of sp³-hybridized carbons (Fsp3) is 0.529. The maximum Gasteiger partial charge on any atom is 0.250 e. The highest BCUT2D eigenvalue weighted by atomic mass is 16.2. The third kappa shape index (κ3) is 2.13. The van der Waals surface area contributed by atoms with Gasteiger partial charge in [0.15, 0.2) is 0 Å². The maximum absolute atomic E-state index is 12.9. The molecule has 2 heterocycles. The van der Waals surface area contributed by atoms with Crippen LogP contribution in [-0.2, 0) is 9.59 Å². The molecular formula is C17H22N2O2. The van der Waals surface area contributed by atoms with Gasteiger partial charge in [-0.1, -0.05) is 13.0 Å². The molecule has 2 saturated heterocycles. The number of aryl methyl sites for hydroxylation is 2. The molecule has 0 aliphatic carbocycles. The largest absolute Gasteiger partial charge is 0.329 e. The Labute approximate surface area is 125 Å². The summed E-state index contributed by atoms with van der Waals surface area (Å²) in [6, 6.07) is 5.40. The van der Waals surface area contributed by atoms with E-state index >= 15 is 0 Å². The van der Waals surface area contributed by atoms with Crippen LogP contribution in [-0.4, -0.2) is 35.3 Å². The smallest absolute Gasteiger partial charge is 0.250 e. The predicted octanol–water partition coefficient (Wildman–Crippen LogP) is 2.42. The van der Waals surface area contributed by atoms with Gasteiger partial charge in [0.25, 0.3) is 5.91 Å². The van der Waals surface area contributed by atoms with Crippen molar-refractivity contribution in [3.05, 3.63) is 29.3 Å². The van der Waals surface area contributed by atoms with Crippen LogP contribution in [0.2, 0.25) is 0 Å². The highest BCUT2D eigenvalue weighted by Gasteiger charge is 2.47. The molecule has 0 aromatic heterocycles. The first kappa shape index (κ1) is 14.1. The van der Waals surface area contributed by atoms with E-state index in [4.69, 9.17) is 0 Å². The lowest BCUT2D eigenvalue weighted by Crippen LogP contribution is -2.63. The minimum atomic E-state index is -0.353. The SMILES string of the molecule is CCC1C(=O)N2CCCC2C(=O)N1c1ccc(C)c(C)c1. The predicted molar refractivity (Wildman–Crippen MR) is 82.2 cm³/mol. The number of hydrogen-bond donors (Lipinski definition) is 0. The van der Waals surface area contributed by atoms with E-state index < -0.39 is 0 Å². The Kier molecular flexibility index (Phi) is 3.47. The Hall–Kier alpha value is -1.84. The van der Waals surface area contributed by atoms with E-state index in [0.29, 0.717) is 6.42 Å². The molecule has 2 aliphatic heterocycles. The minimum Gasteiger partial charge on any atom is -0.329 e. The second kappa shape index (κ2) is 5.17. The number of benzene rings is 1. The van der Waals surface area contributed by atoms with E-state index in [-0.39, 0.29) is 23.9 Å². The van der Waals surface area contributed by atoms with Crippen molar-refractivity contribution in [1.82, 2.24) is 4.90 Å². The Bertz CT molecular complexity index is 596. The van der Waals surface area contributed by atoms with Crippen LogP contribution in [0.25, 0.3) is 0 Å². The van der Waals surface area contributed by atoms with E-state index in [1.54, 1.807) is 9.80 Å². The van der Waals surface area contributed by atoms with Gasteiger partial charge in [-0.15, -0.1) is 0 Å². The van der Waals surface area contributed by atoms with Gasteiger partial charge in [-0.25, -0.2) is 0 Å². The van der Waals surface area contributed by atoms with Gasteiger partial charge < -0.3 is 4.90 Å². The number of piperazine rings is 1. The number of amides is 2. The number of carbonyl (C=O) groups is 2. The zero-order chi connectivity index (χ0) is 15.1. The standard InChI is InChI=1S/C17H22N2O2/c1-4-14-16(20)18-9-5-6-15(18)17(21)19(14)13-8-7-11(2)12(3)10-13/h7-8,10,14-15H,4-6,9H2,1-3H3. The van der Waals surface area contributed by atoms with Gasteiger partial charge in [0.2, 0.25) is 5.91 Å². The molecule has 0 spiro atoms. The van der Waals surface area contributed by atoms with Crippen LogP contribution in [0.3, 0.4) is 0 Å². The van der Waals surface area contributed by atoms with Gasteiger partial charge >= 0.3 is 0 Å². The minimum absolute atomic E-state index is 0.0854. The van der Waals surface area contributed by atoms with Crippen LogP contribution in [0.4, 0.5) is 5.69 Å². The summed E-state index contributed by atoms with van der Waals surface area (Å²) in [7, 11) is 0. The van der Waals surface area contributed by atoms with Crippen LogP contribution >= 0.6 is 0 Å². The topological polar surface area (TPSA) is 40.6 Å². The first-order valence-corrected chi connectivity index (χ1v) is 7.75. The molecule has 3 rings (SSSR count). The molecule has 0 bridgehead atoms. The van der Waals surface area contributed by atoms with Crippen molar-refractivity contribution in [2.75, 3.05) is 11.4 Å². The molecule has 0 radical (unpaired) electrons. The summed E-state index contributed by atoms with van der Waals surface area (Å²) in [5.74, 6) is 0.194. The normalized spacial score (nSPS) is 25.5. The molecule has 0 saturated carbocycles. The molecule has 1 aromatic carbocycles. The molecule has 4 nitrogen and oxygen atoms in total. The molecule has 2 aliphatic rings. The van der Waals surface area contributed by atoms with Crippen molar-refractivity contribution in [1.29, 1.82) is 0 Å². The van der Waals surface area contributed by atoms with Gasteiger partial charge in [0, 0.05) is 12.2 Å². The molecule has 112 valence electrons. The van der Waals surface area contributed by atoms with E-state index in [1.165, 1.54) is 5.56 Å². The molecule has 1 aromatic rings. The average molecular weight is 286 g/mol. The first-order valence-electron chi connectivity index (χ1n) is 7.75. The number of fused-ring (bicyclic) bond motifs is 1. The number of nitrogens with zero attached hydrogens (tertiary/aromatic N) is 2. The second-order valence-electron chi connectivity index (χ2n) is 6.09. The first-order chi connectivity index (χ1) is 10.0. The van der Waals surface area contributed by atoms with Crippen molar-refractivity contribution < 1.29 is 9.59 Å². The molecular weight excluding hydrogens is 264 g/mol. The van der Waals surface area contributed by atoms with Gasteiger partial charge in [-0.3, -0.25) is 14.5 Å². The van der Waals surface area contributed by atoms with Crippen molar-refractivity contribution in [3.63, 3.8) is 0 Å². The van der Waals surface area contributed by atoms with E-state index in [1.807, 2.05) is 32.0 Å². The Morgan fingerprint density at radius 2 is 1.90 bits per heavy atom. The molecule has 4 heteroatoms. The Morgan fingerprint density at radius 3 is 2.57 bits per heavy atom. The lowest BCUT2D eigenvalue weighted by molar-refractivity contribution is -0.144. The molecule has 0 N–H and O–H groups in total. The van der Waals surface area contributed by atoms with Crippen molar-refractivity contribution in [3.8, 4) is 0 Å². The fourth-order valence-electron chi connectivity index (χ4n) is 3.44. The van der Waals surface area contributed by atoms with Crippen molar-refractivity contribution in [2.24, 2.45) is 0 Å². The maximum atomic E-state index is 12.9. The lowest BCUT2D eigenvalue weighted by atomic mass is 10.0. The van der Waals surface area contributed by atoms with Gasteiger partial charge in [0.05, 0.1) is 0 Å². The van der Waals surface area contributed by atoms with Crippen LogP contribution in [0.5, 0.6) is 0 Å². The summed E-state index contributed by atoms with van der Waals surface area (Å²) >= 11 is 0. The lowest BCUT2D eigenvalue weighted by Gasteiger charge is -2.42. The van der Waals surface area contributed by atoms with Crippen LogP contribution in [0, 0.1) is 13.8 Å². The molecule has 2 atom stereocenters. The Morgan fingerprint density at radius 1 is 1.14 bits per heavy atom. The summed E-state index contributed by atoms with van der Waals surface area (Å²) < 4.78 is 0. The van der Waals surface area contributed by atoms with Crippen LogP contribution < -0.4 is 4.90 Å². The Balaban J connectivity index is 2.03. The molecule has 2 unspecified atom stereocenters. The van der Waals surface area contributed by atoms with Crippen LogP contribution in [0.1, 0.15) is 37.3 Å². The van der Waals surface area contributed by atoms with E-state index in [2.05, 4.69) is 6.92 Å². The number of rotatable bonds is 2. The van der Waals surface area contributed by atoms with Crippen molar-refractivity contribution in [2.45, 2.75) is 52.1 Å². The van der Waals surface area contributed by atoms with Gasteiger partial charge in [-0.05, 0) is 56.4 Å². The summed E-state index contributed by atoms with van der Waals surface area (Å²) in [6.07, 6.45) is 2.38. The molecule has 2 amide bonds. The number of anilines is 1. The third-order valence-corrected chi connectivity index (χ3v) is 4.81. The summed E-state index contributed by atoms with van der Waals surface area (Å²) in [5, 5.41) is 0. The van der Waals surface area contributed by atoms with Crippen molar-refractivity contribution >= 4 is 17.5 Å². The average Bonchev–Trinajstić information content (AvgIpc) is 2.95. The fourth-order valence-corrected chi connectivity index (χ4v) is 3.44. The molecule has 21 heavy (non-hydrogen) atoms. The zero-order valence-corrected chi connectivity index (χ0v) is 12.9. The highest BCUT2D eigenvalue weighted by Crippen LogP contribution is 2.32. The quantitative estimate of drug-likeness (QED) is 0.837. The molecule has 2 fully saturated rings. The van der Waals surface area contributed by atoms with Gasteiger partial charge in [-0.2, -0.15) is 0 Å². The zero-order valence-electron chi connectivity index (χ0n) is 12.9. The summed E-state index contributed by atoms with van der Waals surface area (Å²) in [6.45, 7) is 6.79. The highest BCUT2D eigenvalue weighted by molar-refractivity contribution is 6.08. The number of carbonyl (C=O) groups excluding carboxylic acids is 2. The summed E-state index contributed by atoms with van der Waals surface area (Å²) in [4.78, 5) is 29.0. The second-order valence-corrected chi connectivity index (χ2v) is 6.09. The van der Waals surface area contributed by atoms with Crippen LogP contribution in [0.15, 0.2) is 18.2 Å². The number of hydrogen-bond acceptors (Lipinski definition) is 2. The van der Waals surface area contributed by atoms with Gasteiger partial charge in [0.1, 0.15) is 12.1 Å². The third-order valence-electron chi connectivity index (χ3n) is 4.81. The van der Waals surface area contributed by atoms with E-state index in [9.17, 15) is 9.59 Å².